The molecule has 3 N–H and O–H groups in total. The summed E-state index contributed by atoms with van der Waals surface area (Å²) >= 11 is 0. The average Bonchev–Trinajstić information content (AvgIpc) is 2.74. The zero-order valence-electron chi connectivity index (χ0n) is 10.6. The van der Waals surface area contributed by atoms with Crippen molar-refractivity contribution in [3.8, 4) is 0 Å². The van der Waals surface area contributed by atoms with Gasteiger partial charge in [-0.05, 0) is 31.8 Å². The second kappa shape index (κ2) is 5.92. The summed E-state index contributed by atoms with van der Waals surface area (Å²) in [4.78, 5) is 13.9. The van der Waals surface area contributed by atoms with E-state index in [1.54, 1.807) is 6.92 Å². The highest BCUT2D eigenvalue weighted by Crippen LogP contribution is 2.15. The van der Waals surface area contributed by atoms with Crippen LogP contribution < -0.4 is 11.1 Å². The Balaban J connectivity index is 1.80. The summed E-state index contributed by atoms with van der Waals surface area (Å²) in [5, 5.41) is 9.96. The maximum absolute atomic E-state index is 11.8. The Morgan fingerprint density at radius 2 is 2.44 bits per heavy atom. The Kier molecular flexibility index (Phi) is 4.27. The molecule has 18 heavy (non-hydrogen) atoms. The van der Waals surface area contributed by atoms with E-state index in [1.165, 1.54) is 0 Å². The molecule has 1 aliphatic heterocycles. The molecule has 0 radical (unpaired) electrons. The monoisotopic (exact) mass is 253 g/mol. The molecule has 2 rings (SSSR count). The Morgan fingerprint density at radius 3 is 3.11 bits per heavy atom. The first-order valence-corrected chi connectivity index (χ1v) is 6.19. The van der Waals surface area contributed by atoms with E-state index in [2.05, 4.69) is 20.4 Å². The molecular formula is C11H19N5O2. The molecule has 1 unspecified atom stereocenters. The summed E-state index contributed by atoms with van der Waals surface area (Å²) in [5.74, 6) is 0.806. The number of carbonyl (C=O) groups excluding carboxylic acids is 1. The van der Waals surface area contributed by atoms with Gasteiger partial charge in [-0.25, -0.2) is 0 Å². The first kappa shape index (κ1) is 13.0. The van der Waals surface area contributed by atoms with E-state index in [-0.39, 0.29) is 11.9 Å². The van der Waals surface area contributed by atoms with Crippen LogP contribution in [0.2, 0.25) is 0 Å². The molecule has 7 heteroatoms. The Hall–Kier alpha value is -1.47. The smallest absolute Gasteiger partial charge is 0.322 e. The van der Waals surface area contributed by atoms with Crippen LogP contribution in [0.25, 0.3) is 0 Å². The molecule has 2 heterocycles. The number of carbonyl (C=O) groups is 1. The summed E-state index contributed by atoms with van der Waals surface area (Å²) < 4.78 is 5.09. The normalized spacial score (nSPS) is 20.9. The maximum atomic E-state index is 11.8. The van der Waals surface area contributed by atoms with E-state index in [1.807, 2.05) is 0 Å². The van der Waals surface area contributed by atoms with Crippen LogP contribution in [-0.2, 0) is 4.79 Å². The van der Waals surface area contributed by atoms with Crippen LogP contribution in [0.3, 0.4) is 0 Å². The number of nitrogens with one attached hydrogen (secondary N) is 1. The number of hydrogen-bond donors (Lipinski definition) is 2. The van der Waals surface area contributed by atoms with Crippen LogP contribution in [0.15, 0.2) is 4.42 Å². The number of piperidine rings is 1. The number of aryl methyl sites for hydroxylation is 1. The summed E-state index contributed by atoms with van der Waals surface area (Å²) in [6.07, 6.45) is 2.24. The highest BCUT2D eigenvalue weighted by molar-refractivity contribution is 5.90. The fraction of sp³-hybridized carbons (Fsp3) is 0.727. The number of nitrogens with zero attached hydrogens (tertiary/aromatic N) is 3. The van der Waals surface area contributed by atoms with Gasteiger partial charge in [-0.1, -0.05) is 5.10 Å². The van der Waals surface area contributed by atoms with E-state index >= 15 is 0 Å². The zero-order chi connectivity index (χ0) is 13.0. The van der Waals surface area contributed by atoms with E-state index in [9.17, 15) is 4.79 Å². The number of hydrogen-bond acceptors (Lipinski definition) is 6. The number of rotatable bonds is 4. The number of likely N-dealkylation sites (tertiary alicyclic amines) is 1. The van der Waals surface area contributed by atoms with Crippen LogP contribution >= 0.6 is 0 Å². The molecule has 0 aliphatic carbocycles. The minimum atomic E-state index is -0.128. The Labute approximate surface area is 106 Å². The number of nitrogens with two attached hydrogens (primary N) is 1. The van der Waals surface area contributed by atoms with E-state index in [0.717, 1.165) is 25.9 Å². The highest BCUT2D eigenvalue weighted by atomic mass is 16.4. The van der Waals surface area contributed by atoms with Crippen LogP contribution in [-0.4, -0.2) is 47.2 Å². The third kappa shape index (κ3) is 3.51. The third-order valence-corrected chi connectivity index (χ3v) is 3.08. The summed E-state index contributed by atoms with van der Waals surface area (Å²) in [6.45, 7) is 4.53. The predicted molar refractivity (Wildman–Crippen MR) is 65.9 cm³/mol. The van der Waals surface area contributed by atoms with Crippen molar-refractivity contribution >= 4 is 11.9 Å². The van der Waals surface area contributed by atoms with Crippen LogP contribution in [0, 0.1) is 12.8 Å². The van der Waals surface area contributed by atoms with Gasteiger partial charge in [0.1, 0.15) is 0 Å². The molecule has 0 spiro atoms. The maximum Gasteiger partial charge on any atom is 0.322 e. The van der Waals surface area contributed by atoms with Gasteiger partial charge < -0.3 is 10.2 Å². The van der Waals surface area contributed by atoms with Crippen molar-refractivity contribution in [2.75, 3.05) is 31.5 Å². The summed E-state index contributed by atoms with van der Waals surface area (Å²) in [5.41, 5.74) is 5.66. The molecule has 0 saturated carbocycles. The standard InChI is InChI=1S/C11H19N5O2/c1-8-14-15-11(18-8)13-10(17)7-16-4-2-3-9(5-12)6-16/h9H,2-7,12H2,1H3,(H,13,15,17). The SMILES string of the molecule is Cc1nnc(NC(=O)CN2CCCC(CN)C2)o1. The van der Waals surface area contributed by atoms with Gasteiger partial charge in [0.05, 0.1) is 6.54 Å². The van der Waals surface area contributed by atoms with Gasteiger partial charge in [-0.15, -0.1) is 5.10 Å². The van der Waals surface area contributed by atoms with Gasteiger partial charge in [-0.2, -0.15) is 0 Å². The van der Waals surface area contributed by atoms with Crippen LogP contribution in [0.4, 0.5) is 6.01 Å². The number of anilines is 1. The molecule has 1 amide bonds. The van der Waals surface area contributed by atoms with E-state index < -0.39 is 0 Å². The molecular weight excluding hydrogens is 234 g/mol. The molecule has 0 bridgehead atoms. The largest absolute Gasteiger partial charge is 0.408 e. The lowest BCUT2D eigenvalue weighted by Gasteiger charge is -2.31. The number of amides is 1. The molecule has 1 fully saturated rings. The van der Waals surface area contributed by atoms with E-state index in [4.69, 9.17) is 10.2 Å². The fourth-order valence-corrected chi connectivity index (χ4v) is 2.20. The van der Waals surface area contributed by atoms with Crippen molar-refractivity contribution in [2.45, 2.75) is 19.8 Å². The van der Waals surface area contributed by atoms with Crippen molar-refractivity contribution in [3.63, 3.8) is 0 Å². The second-order valence-electron chi connectivity index (χ2n) is 4.65. The lowest BCUT2D eigenvalue weighted by molar-refractivity contribution is -0.117. The van der Waals surface area contributed by atoms with Crippen molar-refractivity contribution < 1.29 is 9.21 Å². The molecule has 1 aromatic rings. The fourth-order valence-electron chi connectivity index (χ4n) is 2.20. The third-order valence-electron chi connectivity index (χ3n) is 3.08. The van der Waals surface area contributed by atoms with E-state index in [0.29, 0.717) is 24.9 Å². The average molecular weight is 253 g/mol. The topological polar surface area (TPSA) is 97.3 Å². The van der Waals surface area contributed by atoms with Gasteiger partial charge >= 0.3 is 6.01 Å². The van der Waals surface area contributed by atoms with Crippen molar-refractivity contribution in [1.82, 2.24) is 15.1 Å². The first-order chi connectivity index (χ1) is 8.67. The highest BCUT2D eigenvalue weighted by Gasteiger charge is 2.21. The first-order valence-electron chi connectivity index (χ1n) is 6.19. The Bertz CT molecular complexity index is 406. The van der Waals surface area contributed by atoms with Crippen molar-refractivity contribution in [1.29, 1.82) is 0 Å². The lowest BCUT2D eigenvalue weighted by Crippen LogP contribution is -2.42. The summed E-state index contributed by atoms with van der Waals surface area (Å²) in [7, 11) is 0. The molecule has 1 aromatic heterocycles. The zero-order valence-corrected chi connectivity index (χ0v) is 10.6. The molecule has 1 saturated heterocycles. The number of aromatic nitrogens is 2. The minimum absolute atomic E-state index is 0.128. The van der Waals surface area contributed by atoms with Gasteiger partial charge in [0, 0.05) is 13.5 Å². The Morgan fingerprint density at radius 1 is 1.61 bits per heavy atom. The van der Waals surface area contributed by atoms with Crippen LogP contribution in [0.5, 0.6) is 0 Å². The molecule has 7 nitrogen and oxygen atoms in total. The minimum Gasteiger partial charge on any atom is -0.408 e. The predicted octanol–water partition coefficient (Wildman–Crippen LogP) is -0.0128. The van der Waals surface area contributed by atoms with Crippen molar-refractivity contribution in [2.24, 2.45) is 11.7 Å². The molecule has 1 aliphatic rings. The summed E-state index contributed by atoms with van der Waals surface area (Å²) in [6, 6.07) is 0.157. The van der Waals surface area contributed by atoms with Gasteiger partial charge in [0.25, 0.3) is 0 Å². The van der Waals surface area contributed by atoms with Gasteiger partial charge in [-0.3, -0.25) is 15.0 Å². The van der Waals surface area contributed by atoms with Crippen LogP contribution in [0.1, 0.15) is 18.7 Å². The second-order valence-corrected chi connectivity index (χ2v) is 4.65. The molecule has 100 valence electrons. The van der Waals surface area contributed by atoms with Gasteiger partial charge in [0.15, 0.2) is 0 Å². The molecule has 0 aromatic carbocycles. The molecule has 1 atom stereocenters. The van der Waals surface area contributed by atoms with Crippen molar-refractivity contribution in [3.05, 3.63) is 5.89 Å². The lowest BCUT2D eigenvalue weighted by atomic mass is 9.98. The van der Waals surface area contributed by atoms with Gasteiger partial charge in [0.2, 0.25) is 11.8 Å². The quantitative estimate of drug-likeness (QED) is 0.783.